The Morgan fingerprint density at radius 3 is 2.94 bits per heavy atom. The van der Waals surface area contributed by atoms with Crippen molar-refractivity contribution in [3.05, 3.63) is 34.2 Å². The topological polar surface area (TPSA) is 67.2 Å². The number of aromatic nitrogens is 2. The quantitative estimate of drug-likeness (QED) is 0.771. The van der Waals surface area contributed by atoms with Crippen LogP contribution in [0, 0.1) is 0 Å². The maximum absolute atomic E-state index is 11.8. The van der Waals surface area contributed by atoms with Crippen molar-refractivity contribution >= 4 is 17.3 Å². The normalized spacial score (nSPS) is 16.6. The molecule has 5 nitrogen and oxygen atoms in total. The Bertz CT molecular complexity index is 494. The van der Waals surface area contributed by atoms with Crippen molar-refractivity contribution < 1.29 is 5.11 Å². The molecule has 0 amide bonds. The molecule has 0 bridgehead atoms. The molecule has 1 aliphatic rings. The summed E-state index contributed by atoms with van der Waals surface area (Å²) in [5.41, 5.74) is -0.198. The zero-order chi connectivity index (χ0) is 12.5. The second-order valence-electron chi connectivity index (χ2n) is 4.21. The van der Waals surface area contributed by atoms with E-state index < -0.39 is 0 Å². The van der Waals surface area contributed by atoms with E-state index in [1.54, 1.807) is 6.08 Å². The fourth-order valence-electron chi connectivity index (χ4n) is 1.56. The molecule has 1 fully saturated rings. The van der Waals surface area contributed by atoms with Crippen molar-refractivity contribution in [1.82, 2.24) is 9.78 Å². The number of anilines is 1. The molecule has 6 heteroatoms. The van der Waals surface area contributed by atoms with Gasteiger partial charge in [-0.3, -0.25) is 4.79 Å². The molecule has 92 valence electrons. The van der Waals surface area contributed by atoms with Crippen molar-refractivity contribution in [3.8, 4) is 0 Å². The molecule has 2 rings (SSSR count). The van der Waals surface area contributed by atoms with Crippen molar-refractivity contribution in [2.45, 2.75) is 24.9 Å². The van der Waals surface area contributed by atoms with Crippen molar-refractivity contribution in [3.63, 3.8) is 0 Å². The van der Waals surface area contributed by atoms with Crippen LogP contribution >= 0.6 is 11.6 Å². The van der Waals surface area contributed by atoms with Crippen molar-refractivity contribution in [2.75, 3.05) is 11.9 Å². The summed E-state index contributed by atoms with van der Waals surface area (Å²) in [4.78, 5) is 11.8. The van der Waals surface area contributed by atoms with Crippen LogP contribution in [0.25, 0.3) is 0 Å². The van der Waals surface area contributed by atoms with Crippen molar-refractivity contribution in [1.29, 1.82) is 0 Å². The molecule has 0 aromatic carbocycles. The Labute approximate surface area is 104 Å². The van der Waals surface area contributed by atoms with E-state index in [9.17, 15) is 9.90 Å². The van der Waals surface area contributed by atoms with Gasteiger partial charge in [-0.2, -0.15) is 5.10 Å². The van der Waals surface area contributed by atoms with Crippen LogP contribution in [0.1, 0.15) is 12.8 Å². The number of nitrogens with one attached hydrogen (secondary N) is 1. The smallest absolute Gasteiger partial charge is 0.287 e. The van der Waals surface area contributed by atoms with E-state index in [1.165, 1.54) is 10.9 Å². The first-order valence-corrected chi connectivity index (χ1v) is 5.75. The molecule has 0 radical (unpaired) electrons. The molecule has 1 aromatic heterocycles. The van der Waals surface area contributed by atoms with Crippen LogP contribution in [0.2, 0.25) is 5.02 Å². The van der Waals surface area contributed by atoms with Crippen LogP contribution < -0.4 is 10.9 Å². The Hall–Kier alpha value is -1.33. The van der Waals surface area contributed by atoms with E-state index in [4.69, 9.17) is 11.6 Å². The number of hydrogen-bond donors (Lipinski definition) is 2. The maximum Gasteiger partial charge on any atom is 0.287 e. The number of rotatable bonds is 5. The van der Waals surface area contributed by atoms with E-state index in [2.05, 4.69) is 17.0 Å². The second kappa shape index (κ2) is 4.50. The SMILES string of the molecule is C=CCn1ncc(NC2(CO)CC2)c(Cl)c1=O. The highest BCUT2D eigenvalue weighted by Gasteiger charge is 2.42. The molecule has 17 heavy (non-hydrogen) atoms. The molecule has 1 saturated carbocycles. The number of nitrogens with zero attached hydrogens (tertiary/aromatic N) is 2. The maximum atomic E-state index is 11.8. The van der Waals surface area contributed by atoms with Gasteiger partial charge in [0, 0.05) is 0 Å². The van der Waals surface area contributed by atoms with Gasteiger partial charge in [0.2, 0.25) is 0 Å². The van der Waals surface area contributed by atoms with Gasteiger partial charge in [0.25, 0.3) is 5.56 Å². The molecule has 0 spiro atoms. The van der Waals surface area contributed by atoms with Crippen LogP contribution in [0.4, 0.5) is 5.69 Å². The van der Waals surface area contributed by atoms with E-state index >= 15 is 0 Å². The molecule has 2 N–H and O–H groups in total. The minimum absolute atomic E-state index is 0.0269. The molecular formula is C11H14ClN3O2. The standard InChI is InChI=1S/C11H14ClN3O2/c1-2-5-15-10(17)9(12)8(6-13-15)14-11(7-16)3-4-11/h2,6,14,16H,1,3-5,7H2. The second-order valence-corrected chi connectivity index (χ2v) is 4.59. The average Bonchev–Trinajstić information content (AvgIpc) is 3.10. The highest BCUT2D eigenvalue weighted by atomic mass is 35.5. The fraction of sp³-hybridized carbons (Fsp3) is 0.455. The Morgan fingerprint density at radius 2 is 2.41 bits per heavy atom. The Morgan fingerprint density at radius 1 is 1.71 bits per heavy atom. The summed E-state index contributed by atoms with van der Waals surface area (Å²) in [5, 5.41) is 16.3. The molecule has 0 saturated heterocycles. The summed E-state index contributed by atoms with van der Waals surface area (Å²) >= 11 is 5.97. The van der Waals surface area contributed by atoms with E-state index in [0.717, 1.165) is 12.8 Å². The zero-order valence-electron chi connectivity index (χ0n) is 9.32. The number of allylic oxidation sites excluding steroid dienone is 1. The Kier molecular flexibility index (Phi) is 3.22. The largest absolute Gasteiger partial charge is 0.394 e. The summed E-state index contributed by atoms with van der Waals surface area (Å²) < 4.78 is 1.24. The van der Waals surface area contributed by atoms with Gasteiger partial charge in [-0.05, 0) is 12.8 Å². The first kappa shape index (κ1) is 12.1. The summed E-state index contributed by atoms with van der Waals surface area (Å²) in [6.07, 6.45) is 4.82. The summed E-state index contributed by atoms with van der Waals surface area (Å²) in [6, 6.07) is 0. The first-order valence-electron chi connectivity index (χ1n) is 5.37. The molecule has 1 heterocycles. The molecular weight excluding hydrogens is 242 g/mol. The lowest BCUT2D eigenvalue weighted by Gasteiger charge is -2.16. The highest BCUT2D eigenvalue weighted by Crippen LogP contribution is 2.39. The van der Waals surface area contributed by atoms with E-state index in [0.29, 0.717) is 12.2 Å². The number of aliphatic hydroxyl groups is 1. The molecule has 1 aliphatic carbocycles. The van der Waals surface area contributed by atoms with Crippen LogP contribution in [0.15, 0.2) is 23.6 Å². The van der Waals surface area contributed by atoms with Gasteiger partial charge in [-0.1, -0.05) is 17.7 Å². The summed E-state index contributed by atoms with van der Waals surface area (Å²) in [5.74, 6) is 0. The number of hydrogen-bond acceptors (Lipinski definition) is 4. The molecule has 0 unspecified atom stereocenters. The minimum atomic E-state index is -0.356. The Balaban J connectivity index is 2.28. The van der Waals surface area contributed by atoms with Crippen LogP contribution in [-0.4, -0.2) is 27.0 Å². The fourth-order valence-corrected chi connectivity index (χ4v) is 1.76. The predicted molar refractivity (Wildman–Crippen MR) is 66.4 cm³/mol. The molecule has 0 atom stereocenters. The third-order valence-electron chi connectivity index (χ3n) is 2.84. The van der Waals surface area contributed by atoms with Gasteiger partial charge in [-0.15, -0.1) is 6.58 Å². The van der Waals surface area contributed by atoms with Gasteiger partial charge >= 0.3 is 0 Å². The summed E-state index contributed by atoms with van der Waals surface area (Å²) in [7, 11) is 0. The minimum Gasteiger partial charge on any atom is -0.394 e. The number of aliphatic hydroxyl groups excluding tert-OH is 1. The van der Waals surface area contributed by atoms with Gasteiger partial charge in [-0.25, -0.2) is 4.68 Å². The van der Waals surface area contributed by atoms with Gasteiger partial charge in [0.1, 0.15) is 5.02 Å². The first-order chi connectivity index (χ1) is 8.12. The van der Waals surface area contributed by atoms with Gasteiger partial charge in [0.05, 0.1) is 30.6 Å². The van der Waals surface area contributed by atoms with Gasteiger partial charge in [0.15, 0.2) is 0 Å². The lowest BCUT2D eigenvalue weighted by Crippen LogP contribution is -2.29. The van der Waals surface area contributed by atoms with Crippen molar-refractivity contribution in [2.24, 2.45) is 0 Å². The summed E-state index contributed by atoms with van der Waals surface area (Å²) in [6.45, 7) is 3.89. The van der Waals surface area contributed by atoms with Crippen LogP contribution in [0.3, 0.4) is 0 Å². The monoisotopic (exact) mass is 255 g/mol. The lowest BCUT2D eigenvalue weighted by atomic mass is 10.3. The van der Waals surface area contributed by atoms with E-state index in [-0.39, 0.29) is 22.7 Å². The third kappa shape index (κ3) is 2.35. The molecule has 0 aliphatic heterocycles. The highest BCUT2D eigenvalue weighted by molar-refractivity contribution is 6.32. The predicted octanol–water partition coefficient (Wildman–Crippen LogP) is 1.02. The zero-order valence-corrected chi connectivity index (χ0v) is 10.1. The van der Waals surface area contributed by atoms with Crippen LogP contribution in [-0.2, 0) is 6.54 Å². The van der Waals surface area contributed by atoms with Gasteiger partial charge < -0.3 is 10.4 Å². The van der Waals surface area contributed by atoms with Crippen LogP contribution in [0.5, 0.6) is 0 Å². The van der Waals surface area contributed by atoms with E-state index in [1.807, 2.05) is 0 Å². The lowest BCUT2D eigenvalue weighted by molar-refractivity contribution is 0.266. The molecule has 1 aromatic rings. The average molecular weight is 256 g/mol. The third-order valence-corrected chi connectivity index (χ3v) is 3.21. The number of halogens is 1.